The van der Waals surface area contributed by atoms with Crippen LogP contribution in [0.15, 0.2) is 12.1 Å². The van der Waals surface area contributed by atoms with Crippen LogP contribution in [0.1, 0.15) is 35.6 Å². The Hall–Kier alpha value is -1.42. The molecule has 1 aromatic rings. The summed E-state index contributed by atoms with van der Waals surface area (Å²) in [6, 6.07) is 2.77. The van der Waals surface area contributed by atoms with Crippen LogP contribution in [0, 0.1) is 19.7 Å². The smallest absolute Gasteiger partial charge is 0.303 e. The number of carbonyl (C=O) groups is 1. The summed E-state index contributed by atoms with van der Waals surface area (Å²) in [5.41, 5.74) is 7.90. The summed E-state index contributed by atoms with van der Waals surface area (Å²) in [6.45, 7) is 3.52. The second-order valence-corrected chi connectivity index (χ2v) is 3.98. The minimum atomic E-state index is -0.889. The molecule has 0 fully saturated rings. The highest BCUT2D eigenvalue weighted by molar-refractivity contribution is 5.66. The Bertz CT molecular complexity index is 381. The van der Waals surface area contributed by atoms with Gasteiger partial charge in [0.25, 0.3) is 0 Å². The second-order valence-electron chi connectivity index (χ2n) is 3.98. The Morgan fingerprint density at radius 1 is 1.50 bits per heavy atom. The van der Waals surface area contributed by atoms with Gasteiger partial charge in [-0.05, 0) is 43.0 Å². The molecule has 1 atom stereocenters. The van der Waals surface area contributed by atoms with Gasteiger partial charge in [0.2, 0.25) is 0 Å². The summed E-state index contributed by atoms with van der Waals surface area (Å²) < 4.78 is 13.4. The molecule has 1 rings (SSSR count). The quantitative estimate of drug-likeness (QED) is 0.826. The van der Waals surface area contributed by atoms with E-state index in [0.29, 0.717) is 17.5 Å². The van der Waals surface area contributed by atoms with E-state index in [0.717, 1.165) is 5.56 Å². The van der Waals surface area contributed by atoms with Crippen LogP contribution in [-0.2, 0) is 4.79 Å². The number of aliphatic carboxylic acids is 1. The van der Waals surface area contributed by atoms with Gasteiger partial charge in [0.1, 0.15) is 5.82 Å². The van der Waals surface area contributed by atoms with Gasteiger partial charge in [-0.2, -0.15) is 0 Å². The number of rotatable bonds is 4. The Labute approximate surface area is 94.1 Å². The summed E-state index contributed by atoms with van der Waals surface area (Å²) in [7, 11) is 0. The minimum Gasteiger partial charge on any atom is -0.481 e. The van der Waals surface area contributed by atoms with Crippen molar-refractivity contribution in [2.24, 2.45) is 5.73 Å². The molecule has 88 valence electrons. The molecule has 1 aromatic carbocycles. The van der Waals surface area contributed by atoms with E-state index in [2.05, 4.69) is 0 Å². The zero-order valence-corrected chi connectivity index (χ0v) is 9.46. The monoisotopic (exact) mass is 225 g/mol. The van der Waals surface area contributed by atoms with Crippen molar-refractivity contribution < 1.29 is 14.3 Å². The van der Waals surface area contributed by atoms with Crippen LogP contribution in [0.25, 0.3) is 0 Å². The lowest BCUT2D eigenvalue weighted by molar-refractivity contribution is -0.137. The molecule has 0 saturated heterocycles. The molecule has 0 radical (unpaired) electrons. The average molecular weight is 225 g/mol. The summed E-state index contributed by atoms with van der Waals surface area (Å²) in [5.74, 6) is -1.18. The molecule has 1 unspecified atom stereocenters. The van der Waals surface area contributed by atoms with Gasteiger partial charge in [-0.3, -0.25) is 4.79 Å². The molecule has 0 aromatic heterocycles. The highest BCUT2D eigenvalue weighted by atomic mass is 19.1. The Morgan fingerprint density at radius 2 is 2.12 bits per heavy atom. The molecule has 3 N–H and O–H groups in total. The van der Waals surface area contributed by atoms with E-state index in [1.54, 1.807) is 6.92 Å². The molecule has 16 heavy (non-hydrogen) atoms. The lowest BCUT2D eigenvalue weighted by Crippen LogP contribution is -2.13. The van der Waals surface area contributed by atoms with Crippen LogP contribution in [0.4, 0.5) is 4.39 Å². The van der Waals surface area contributed by atoms with E-state index in [1.165, 1.54) is 6.07 Å². The Kier molecular flexibility index (Phi) is 4.01. The molecular formula is C12H16FNO2. The molecule has 0 aliphatic rings. The van der Waals surface area contributed by atoms with Crippen LogP contribution in [-0.4, -0.2) is 11.1 Å². The van der Waals surface area contributed by atoms with Crippen molar-refractivity contribution in [1.29, 1.82) is 0 Å². The third kappa shape index (κ3) is 3.03. The first-order valence-corrected chi connectivity index (χ1v) is 5.16. The molecule has 3 nitrogen and oxygen atoms in total. The van der Waals surface area contributed by atoms with Crippen LogP contribution in [0.3, 0.4) is 0 Å². The number of benzene rings is 1. The number of carboxylic acid groups (broad SMARTS) is 1. The first kappa shape index (κ1) is 12.6. The number of hydrogen-bond donors (Lipinski definition) is 2. The zero-order valence-electron chi connectivity index (χ0n) is 9.46. The van der Waals surface area contributed by atoms with E-state index in [9.17, 15) is 9.18 Å². The van der Waals surface area contributed by atoms with E-state index in [4.69, 9.17) is 10.8 Å². The van der Waals surface area contributed by atoms with Gasteiger partial charge in [-0.25, -0.2) is 4.39 Å². The van der Waals surface area contributed by atoms with Gasteiger partial charge in [-0.15, -0.1) is 0 Å². The maximum absolute atomic E-state index is 13.4. The maximum Gasteiger partial charge on any atom is 0.303 e. The molecule has 0 heterocycles. The van der Waals surface area contributed by atoms with Gasteiger partial charge >= 0.3 is 5.97 Å². The molecule has 0 spiro atoms. The van der Waals surface area contributed by atoms with Gasteiger partial charge < -0.3 is 10.8 Å². The molecule has 0 amide bonds. The van der Waals surface area contributed by atoms with Crippen molar-refractivity contribution in [3.63, 3.8) is 0 Å². The molecule has 0 aliphatic carbocycles. The normalized spacial score (nSPS) is 12.5. The fourth-order valence-electron chi connectivity index (χ4n) is 1.50. The molecule has 0 saturated carbocycles. The van der Waals surface area contributed by atoms with E-state index in [1.807, 2.05) is 13.0 Å². The lowest BCUT2D eigenvalue weighted by atomic mass is 9.98. The van der Waals surface area contributed by atoms with Crippen molar-refractivity contribution in [3.8, 4) is 0 Å². The Balaban J connectivity index is 2.84. The standard InChI is InChI=1S/C12H16FNO2/c1-7-5-9(6-10(13)8(7)2)11(14)3-4-12(15)16/h5-6,11H,3-4,14H2,1-2H3,(H,15,16). The molecule has 0 bridgehead atoms. The van der Waals surface area contributed by atoms with Crippen LogP contribution in [0.5, 0.6) is 0 Å². The largest absolute Gasteiger partial charge is 0.481 e. The molecular weight excluding hydrogens is 209 g/mol. The summed E-state index contributed by atoms with van der Waals surface area (Å²) in [5, 5.41) is 8.53. The zero-order chi connectivity index (χ0) is 12.3. The predicted molar refractivity (Wildman–Crippen MR) is 59.7 cm³/mol. The van der Waals surface area contributed by atoms with Crippen molar-refractivity contribution in [2.45, 2.75) is 32.7 Å². The number of nitrogens with two attached hydrogens (primary N) is 1. The third-order valence-electron chi connectivity index (χ3n) is 2.72. The third-order valence-corrected chi connectivity index (χ3v) is 2.72. The Morgan fingerprint density at radius 3 is 2.62 bits per heavy atom. The van der Waals surface area contributed by atoms with Crippen LogP contribution >= 0.6 is 0 Å². The first-order chi connectivity index (χ1) is 7.41. The van der Waals surface area contributed by atoms with E-state index in [-0.39, 0.29) is 12.2 Å². The molecule has 0 aliphatic heterocycles. The minimum absolute atomic E-state index is 0.00426. The SMILES string of the molecule is Cc1cc(C(N)CCC(=O)O)cc(F)c1C. The van der Waals surface area contributed by atoms with Gasteiger partial charge in [-0.1, -0.05) is 6.07 Å². The van der Waals surface area contributed by atoms with E-state index < -0.39 is 12.0 Å². The number of halogens is 1. The van der Waals surface area contributed by atoms with Crippen LogP contribution in [0.2, 0.25) is 0 Å². The van der Waals surface area contributed by atoms with Gasteiger partial charge in [0, 0.05) is 12.5 Å². The average Bonchev–Trinajstić information content (AvgIpc) is 2.21. The van der Waals surface area contributed by atoms with Crippen molar-refractivity contribution >= 4 is 5.97 Å². The fraction of sp³-hybridized carbons (Fsp3) is 0.417. The lowest BCUT2D eigenvalue weighted by Gasteiger charge is -2.13. The second kappa shape index (κ2) is 5.07. The number of aryl methyl sites for hydroxylation is 1. The van der Waals surface area contributed by atoms with Gasteiger partial charge in [0.15, 0.2) is 0 Å². The topological polar surface area (TPSA) is 63.3 Å². The highest BCUT2D eigenvalue weighted by Gasteiger charge is 2.11. The molecule has 4 heteroatoms. The van der Waals surface area contributed by atoms with E-state index >= 15 is 0 Å². The predicted octanol–water partition coefficient (Wildman–Crippen LogP) is 2.31. The van der Waals surface area contributed by atoms with Crippen LogP contribution < -0.4 is 5.73 Å². The highest BCUT2D eigenvalue weighted by Crippen LogP contribution is 2.21. The maximum atomic E-state index is 13.4. The van der Waals surface area contributed by atoms with Crippen molar-refractivity contribution in [1.82, 2.24) is 0 Å². The summed E-state index contributed by atoms with van der Waals surface area (Å²) in [4.78, 5) is 10.4. The van der Waals surface area contributed by atoms with Crippen molar-refractivity contribution in [2.75, 3.05) is 0 Å². The van der Waals surface area contributed by atoms with Gasteiger partial charge in [0.05, 0.1) is 0 Å². The summed E-state index contributed by atoms with van der Waals surface area (Å²) >= 11 is 0. The fourth-order valence-corrected chi connectivity index (χ4v) is 1.50. The number of hydrogen-bond acceptors (Lipinski definition) is 2. The number of carboxylic acids is 1. The van der Waals surface area contributed by atoms with Crippen molar-refractivity contribution in [3.05, 3.63) is 34.6 Å². The first-order valence-electron chi connectivity index (χ1n) is 5.16. The summed E-state index contributed by atoms with van der Waals surface area (Å²) in [6.07, 6.45) is 0.312.